The number of rotatable bonds is 7. The first-order valence-corrected chi connectivity index (χ1v) is 8.90. The van der Waals surface area contributed by atoms with Crippen molar-refractivity contribution in [2.24, 2.45) is 0 Å². The van der Waals surface area contributed by atoms with E-state index in [0.717, 1.165) is 19.0 Å². The van der Waals surface area contributed by atoms with Crippen LogP contribution in [0.5, 0.6) is 0 Å². The number of hydrogen-bond donors (Lipinski definition) is 2. The van der Waals surface area contributed by atoms with Gasteiger partial charge in [0, 0.05) is 31.7 Å². The van der Waals surface area contributed by atoms with E-state index in [1.54, 1.807) is 24.8 Å². The number of aromatic amines is 1. The third kappa shape index (κ3) is 3.91. The van der Waals surface area contributed by atoms with Crippen LogP contribution in [-0.4, -0.2) is 41.8 Å². The van der Waals surface area contributed by atoms with Crippen LogP contribution >= 0.6 is 0 Å². The molecule has 148 valence electrons. The van der Waals surface area contributed by atoms with Crippen molar-refractivity contribution in [3.8, 4) is 17.1 Å². The Morgan fingerprint density at radius 1 is 1.24 bits per heavy atom. The number of aromatic nitrogens is 6. The molecule has 0 bridgehead atoms. The first kappa shape index (κ1) is 18.5. The van der Waals surface area contributed by atoms with Crippen LogP contribution in [-0.2, 0) is 6.54 Å². The normalized spacial score (nSPS) is 11.0. The SMILES string of the molecule is O=C(NCCCn1ccnc1)c1cc(-n2cnnc2-c2cccc(F)c2F)c[nH]1. The molecule has 2 N–H and O–H groups in total. The summed E-state index contributed by atoms with van der Waals surface area (Å²) in [5.41, 5.74) is 0.841. The van der Waals surface area contributed by atoms with Crippen LogP contribution in [0.25, 0.3) is 17.1 Å². The molecule has 1 amide bonds. The van der Waals surface area contributed by atoms with Gasteiger partial charge in [0.15, 0.2) is 17.5 Å². The monoisotopic (exact) mass is 397 g/mol. The lowest BCUT2D eigenvalue weighted by molar-refractivity contribution is 0.0948. The topological polar surface area (TPSA) is 93.4 Å². The maximum Gasteiger partial charge on any atom is 0.267 e. The summed E-state index contributed by atoms with van der Waals surface area (Å²) >= 11 is 0. The summed E-state index contributed by atoms with van der Waals surface area (Å²) in [5.74, 6) is -2.11. The summed E-state index contributed by atoms with van der Waals surface area (Å²) in [4.78, 5) is 19.2. The largest absolute Gasteiger partial charge is 0.355 e. The van der Waals surface area contributed by atoms with Crippen molar-refractivity contribution in [3.05, 3.63) is 72.8 Å². The van der Waals surface area contributed by atoms with Gasteiger partial charge in [0.2, 0.25) is 0 Å². The van der Waals surface area contributed by atoms with Crippen LogP contribution in [0.4, 0.5) is 8.78 Å². The number of benzene rings is 1. The summed E-state index contributed by atoms with van der Waals surface area (Å²) in [5, 5.41) is 10.5. The van der Waals surface area contributed by atoms with E-state index in [9.17, 15) is 13.6 Å². The van der Waals surface area contributed by atoms with E-state index in [0.29, 0.717) is 17.9 Å². The van der Waals surface area contributed by atoms with Crippen molar-refractivity contribution >= 4 is 5.91 Å². The Labute approximate surface area is 164 Å². The number of nitrogens with one attached hydrogen (secondary N) is 2. The van der Waals surface area contributed by atoms with Gasteiger partial charge in [-0.15, -0.1) is 10.2 Å². The second-order valence-corrected chi connectivity index (χ2v) is 6.31. The fourth-order valence-corrected chi connectivity index (χ4v) is 2.91. The molecule has 3 heterocycles. The molecule has 0 atom stereocenters. The highest BCUT2D eigenvalue weighted by Gasteiger charge is 2.17. The fraction of sp³-hybridized carbons (Fsp3) is 0.158. The van der Waals surface area contributed by atoms with E-state index in [1.807, 2.05) is 10.8 Å². The molecule has 0 fully saturated rings. The highest BCUT2D eigenvalue weighted by atomic mass is 19.2. The highest BCUT2D eigenvalue weighted by Crippen LogP contribution is 2.25. The van der Waals surface area contributed by atoms with Gasteiger partial charge in [-0.1, -0.05) is 6.07 Å². The molecule has 0 aliphatic carbocycles. The van der Waals surface area contributed by atoms with Gasteiger partial charge in [0.1, 0.15) is 12.0 Å². The zero-order chi connectivity index (χ0) is 20.2. The highest BCUT2D eigenvalue weighted by molar-refractivity contribution is 5.93. The number of carbonyl (C=O) groups excluding carboxylic acids is 1. The molecule has 4 aromatic rings. The summed E-state index contributed by atoms with van der Waals surface area (Å²) in [6, 6.07) is 5.44. The van der Waals surface area contributed by atoms with Gasteiger partial charge < -0.3 is 14.9 Å². The van der Waals surface area contributed by atoms with Crippen molar-refractivity contribution < 1.29 is 13.6 Å². The Balaban J connectivity index is 1.45. The molecular formula is C19H17F2N7O. The van der Waals surface area contributed by atoms with Crippen LogP contribution in [0.2, 0.25) is 0 Å². The lowest BCUT2D eigenvalue weighted by Gasteiger charge is -2.06. The van der Waals surface area contributed by atoms with E-state index < -0.39 is 11.6 Å². The first-order valence-electron chi connectivity index (χ1n) is 8.90. The van der Waals surface area contributed by atoms with Crippen LogP contribution in [0.15, 0.2) is 55.5 Å². The van der Waals surface area contributed by atoms with E-state index in [4.69, 9.17) is 0 Å². The number of aryl methyl sites for hydroxylation is 1. The third-order valence-corrected chi connectivity index (χ3v) is 4.37. The minimum absolute atomic E-state index is 0.0193. The van der Waals surface area contributed by atoms with Crippen molar-refractivity contribution in [1.29, 1.82) is 0 Å². The molecule has 0 saturated heterocycles. The Morgan fingerprint density at radius 2 is 2.14 bits per heavy atom. The molecule has 0 unspecified atom stereocenters. The number of hydrogen-bond acceptors (Lipinski definition) is 4. The standard InChI is InChI=1S/C19H17F2N7O/c20-15-4-1-3-14(17(15)21)18-26-25-12-28(18)13-9-16(24-10-13)19(29)23-5-2-7-27-8-6-22-11-27/h1,3-4,6,8-12,24H,2,5,7H2,(H,23,29). The maximum absolute atomic E-state index is 14.1. The lowest BCUT2D eigenvalue weighted by atomic mass is 10.2. The Bertz CT molecular complexity index is 1120. The second kappa shape index (κ2) is 8.05. The van der Waals surface area contributed by atoms with Crippen molar-refractivity contribution in [2.75, 3.05) is 6.54 Å². The zero-order valence-electron chi connectivity index (χ0n) is 15.2. The molecule has 0 radical (unpaired) electrons. The molecule has 10 heteroatoms. The third-order valence-electron chi connectivity index (χ3n) is 4.37. The van der Waals surface area contributed by atoms with Gasteiger partial charge in [-0.3, -0.25) is 9.36 Å². The molecular weight excluding hydrogens is 380 g/mol. The van der Waals surface area contributed by atoms with E-state index in [2.05, 4.69) is 25.5 Å². The van der Waals surface area contributed by atoms with Crippen LogP contribution in [0.3, 0.4) is 0 Å². The molecule has 0 saturated carbocycles. The number of carbonyl (C=O) groups is 1. The molecule has 29 heavy (non-hydrogen) atoms. The Morgan fingerprint density at radius 3 is 2.97 bits per heavy atom. The van der Waals surface area contributed by atoms with Gasteiger partial charge in [0.25, 0.3) is 5.91 Å². The predicted molar refractivity (Wildman–Crippen MR) is 100 cm³/mol. The van der Waals surface area contributed by atoms with Gasteiger partial charge in [-0.25, -0.2) is 13.8 Å². The number of halogens is 2. The predicted octanol–water partition coefficient (Wildman–Crippen LogP) is 2.56. The smallest absolute Gasteiger partial charge is 0.267 e. The lowest BCUT2D eigenvalue weighted by Crippen LogP contribution is -2.25. The summed E-state index contributed by atoms with van der Waals surface area (Å²) in [6.45, 7) is 1.25. The van der Waals surface area contributed by atoms with E-state index in [1.165, 1.54) is 23.0 Å². The molecule has 0 spiro atoms. The average molecular weight is 397 g/mol. The van der Waals surface area contributed by atoms with Crippen LogP contribution < -0.4 is 5.32 Å². The Kier molecular flexibility index (Phi) is 5.14. The second-order valence-electron chi connectivity index (χ2n) is 6.31. The number of imidazole rings is 1. The number of H-pyrrole nitrogens is 1. The van der Waals surface area contributed by atoms with Crippen molar-refractivity contribution in [3.63, 3.8) is 0 Å². The average Bonchev–Trinajstić information content (AvgIpc) is 3.47. The van der Waals surface area contributed by atoms with Gasteiger partial charge >= 0.3 is 0 Å². The quantitative estimate of drug-likeness (QED) is 0.469. The fourth-order valence-electron chi connectivity index (χ4n) is 2.91. The molecule has 1 aromatic carbocycles. The van der Waals surface area contributed by atoms with Gasteiger partial charge in [0.05, 0.1) is 17.6 Å². The van der Waals surface area contributed by atoms with E-state index >= 15 is 0 Å². The molecule has 0 aliphatic heterocycles. The van der Waals surface area contributed by atoms with Crippen LogP contribution in [0.1, 0.15) is 16.9 Å². The first-order chi connectivity index (χ1) is 14.1. The molecule has 8 nitrogen and oxygen atoms in total. The summed E-state index contributed by atoms with van der Waals surface area (Å²) in [7, 11) is 0. The summed E-state index contributed by atoms with van der Waals surface area (Å²) < 4.78 is 31.1. The molecule has 0 aliphatic rings. The van der Waals surface area contributed by atoms with E-state index in [-0.39, 0.29) is 17.3 Å². The number of amides is 1. The minimum atomic E-state index is -1.01. The maximum atomic E-state index is 14.1. The van der Waals surface area contributed by atoms with Crippen molar-refractivity contribution in [1.82, 2.24) is 34.6 Å². The van der Waals surface area contributed by atoms with Crippen molar-refractivity contribution in [2.45, 2.75) is 13.0 Å². The van der Waals surface area contributed by atoms with Gasteiger partial charge in [-0.05, 0) is 24.6 Å². The summed E-state index contributed by atoms with van der Waals surface area (Å²) in [6.07, 6.45) is 8.98. The molecule has 3 aromatic heterocycles. The molecule has 4 rings (SSSR count). The minimum Gasteiger partial charge on any atom is -0.355 e. The van der Waals surface area contributed by atoms with Crippen LogP contribution in [0, 0.1) is 11.6 Å². The van der Waals surface area contributed by atoms with Gasteiger partial charge in [-0.2, -0.15) is 0 Å². The zero-order valence-corrected chi connectivity index (χ0v) is 15.2. The Hall–Kier alpha value is -3.82. The number of nitrogens with zero attached hydrogens (tertiary/aromatic N) is 5.